The summed E-state index contributed by atoms with van der Waals surface area (Å²) < 4.78 is 0. The summed E-state index contributed by atoms with van der Waals surface area (Å²) in [7, 11) is 0. The summed E-state index contributed by atoms with van der Waals surface area (Å²) >= 11 is 1.09. The van der Waals surface area contributed by atoms with Crippen molar-refractivity contribution in [2.45, 2.75) is 16.7 Å². The number of carbonyl (C=O) groups is 2. The number of amides is 1. The number of hydrogen-bond acceptors (Lipinski definition) is 4. The Balaban J connectivity index is 2.22. The van der Waals surface area contributed by atoms with Gasteiger partial charge in [-0.3, -0.25) is 4.79 Å². The zero-order valence-electron chi connectivity index (χ0n) is 6.64. The van der Waals surface area contributed by atoms with Gasteiger partial charge in [-0.15, -0.1) is 0 Å². The van der Waals surface area contributed by atoms with E-state index < -0.39 is 10.8 Å². The van der Waals surface area contributed by atoms with E-state index in [1.807, 2.05) is 0 Å². The van der Waals surface area contributed by atoms with Gasteiger partial charge in [0, 0.05) is 6.20 Å². The lowest BCUT2D eigenvalue weighted by Gasteiger charge is -2.43. The van der Waals surface area contributed by atoms with E-state index in [1.54, 1.807) is 0 Å². The van der Waals surface area contributed by atoms with Crippen molar-refractivity contribution in [3.8, 4) is 0 Å². The molecule has 2 aliphatic heterocycles. The van der Waals surface area contributed by atoms with E-state index in [9.17, 15) is 9.59 Å². The van der Waals surface area contributed by atoms with Crippen LogP contribution in [0.1, 0.15) is 6.42 Å². The summed E-state index contributed by atoms with van der Waals surface area (Å²) in [4.78, 5) is 21.8. The average molecular weight is 200 g/mol. The minimum absolute atomic E-state index is 0.0150. The molecule has 0 aromatic rings. The summed E-state index contributed by atoms with van der Waals surface area (Å²) in [5.41, 5.74) is 5.57. The highest BCUT2D eigenvalue weighted by Crippen LogP contribution is 2.40. The van der Waals surface area contributed by atoms with E-state index in [0.717, 1.165) is 11.8 Å². The van der Waals surface area contributed by atoms with Crippen molar-refractivity contribution in [1.29, 1.82) is 0 Å². The number of nitrogens with zero attached hydrogens (tertiary/aromatic N) is 1. The zero-order chi connectivity index (χ0) is 9.64. The van der Waals surface area contributed by atoms with Gasteiger partial charge in [-0.05, 0) is 6.08 Å². The molecule has 1 unspecified atom stereocenters. The standard InChI is InChI=1S/C7H8N2O3S/c8-7(6(11)12)1-2-9-4(10)3-5(9)13-7/h1-2,5H,3,8H2,(H,11,12)/t5-,7?/m1/s1. The van der Waals surface area contributed by atoms with E-state index in [2.05, 4.69) is 0 Å². The zero-order valence-corrected chi connectivity index (χ0v) is 7.45. The summed E-state index contributed by atoms with van der Waals surface area (Å²) in [5.74, 6) is -1.06. The molecule has 13 heavy (non-hydrogen) atoms. The minimum Gasteiger partial charge on any atom is -0.479 e. The molecule has 0 aromatic carbocycles. The van der Waals surface area contributed by atoms with E-state index in [1.165, 1.54) is 17.2 Å². The van der Waals surface area contributed by atoms with Crippen LogP contribution in [0.5, 0.6) is 0 Å². The molecule has 0 saturated carbocycles. The number of nitrogens with two attached hydrogens (primary N) is 1. The van der Waals surface area contributed by atoms with Crippen LogP contribution in [0.2, 0.25) is 0 Å². The fraction of sp³-hybridized carbons (Fsp3) is 0.429. The number of β-lactam (4-membered cyclic amide) rings is 1. The molecule has 5 nitrogen and oxygen atoms in total. The lowest BCUT2D eigenvalue weighted by molar-refractivity contribution is -0.141. The monoisotopic (exact) mass is 200 g/mol. The van der Waals surface area contributed by atoms with Crippen LogP contribution in [-0.2, 0) is 9.59 Å². The average Bonchev–Trinajstić information content (AvgIpc) is 2.02. The minimum atomic E-state index is -1.37. The van der Waals surface area contributed by atoms with Crippen molar-refractivity contribution >= 4 is 23.6 Å². The maximum atomic E-state index is 10.9. The Hall–Kier alpha value is -1.01. The second-order valence-electron chi connectivity index (χ2n) is 2.99. The third-order valence-electron chi connectivity index (χ3n) is 2.10. The van der Waals surface area contributed by atoms with E-state index in [-0.39, 0.29) is 11.3 Å². The van der Waals surface area contributed by atoms with Gasteiger partial charge in [-0.2, -0.15) is 0 Å². The maximum Gasteiger partial charge on any atom is 0.338 e. The Morgan fingerprint density at radius 2 is 2.54 bits per heavy atom. The number of carboxylic acids is 1. The van der Waals surface area contributed by atoms with E-state index >= 15 is 0 Å². The highest BCUT2D eigenvalue weighted by Gasteiger charge is 2.47. The van der Waals surface area contributed by atoms with Crippen LogP contribution in [0.3, 0.4) is 0 Å². The lowest BCUT2D eigenvalue weighted by Crippen LogP contribution is -2.56. The molecule has 3 N–H and O–H groups in total. The van der Waals surface area contributed by atoms with Crippen molar-refractivity contribution < 1.29 is 14.7 Å². The molecule has 1 saturated heterocycles. The quantitative estimate of drug-likeness (QED) is 0.560. The molecule has 1 fully saturated rings. The summed E-state index contributed by atoms with van der Waals surface area (Å²) in [6.45, 7) is 0. The van der Waals surface area contributed by atoms with Gasteiger partial charge in [0.25, 0.3) is 0 Å². The fourth-order valence-corrected chi connectivity index (χ4v) is 2.47. The van der Waals surface area contributed by atoms with Gasteiger partial charge in [0.1, 0.15) is 0 Å². The van der Waals surface area contributed by atoms with Crippen LogP contribution in [-0.4, -0.2) is 32.1 Å². The van der Waals surface area contributed by atoms with Crippen LogP contribution in [0.25, 0.3) is 0 Å². The predicted octanol–water partition coefficient (Wildman–Crippen LogP) is -0.455. The van der Waals surface area contributed by atoms with Crippen molar-refractivity contribution in [1.82, 2.24) is 4.90 Å². The molecule has 2 atom stereocenters. The molecule has 0 aliphatic carbocycles. The number of carboxylic acid groups (broad SMARTS) is 1. The van der Waals surface area contributed by atoms with Gasteiger partial charge in [0.05, 0.1) is 11.8 Å². The van der Waals surface area contributed by atoms with Crippen LogP contribution in [0, 0.1) is 0 Å². The molecule has 2 rings (SSSR count). The summed E-state index contributed by atoms with van der Waals surface area (Å²) in [5, 5.41) is 8.69. The molecule has 0 radical (unpaired) electrons. The normalized spacial score (nSPS) is 36.8. The molecule has 1 amide bonds. The van der Waals surface area contributed by atoms with Gasteiger partial charge < -0.3 is 15.7 Å². The Labute approximate surface area is 78.6 Å². The van der Waals surface area contributed by atoms with Crippen molar-refractivity contribution in [2.24, 2.45) is 5.73 Å². The number of aliphatic carboxylic acids is 1. The Morgan fingerprint density at radius 1 is 1.85 bits per heavy atom. The number of hydrogen-bond donors (Lipinski definition) is 2. The first-order valence-corrected chi connectivity index (χ1v) is 4.61. The summed E-state index contributed by atoms with van der Waals surface area (Å²) in [6, 6.07) is 0. The molecule has 6 heteroatoms. The van der Waals surface area contributed by atoms with Crippen LogP contribution in [0.15, 0.2) is 12.3 Å². The highest BCUT2D eigenvalue weighted by molar-refractivity contribution is 8.02. The molecule has 0 spiro atoms. The SMILES string of the molecule is NC1(C(=O)O)C=CN2C(=O)C[C@H]2S1. The van der Waals surface area contributed by atoms with Gasteiger partial charge in [0.2, 0.25) is 5.91 Å². The van der Waals surface area contributed by atoms with E-state index in [4.69, 9.17) is 10.8 Å². The largest absolute Gasteiger partial charge is 0.479 e. The molecule has 70 valence electrons. The summed E-state index contributed by atoms with van der Waals surface area (Å²) in [6.07, 6.45) is 3.18. The van der Waals surface area contributed by atoms with Crippen LogP contribution >= 0.6 is 11.8 Å². The van der Waals surface area contributed by atoms with Crippen molar-refractivity contribution in [3.05, 3.63) is 12.3 Å². The van der Waals surface area contributed by atoms with Crippen LogP contribution < -0.4 is 5.73 Å². The smallest absolute Gasteiger partial charge is 0.338 e. The molecule has 2 aliphatic rings. The second-order valence-corrected chi connectivity index (χ2v) is 4.45. The molecular formula is C7H8N2O3S. The number of fused-ring (bicyclic) bond motifs is 1. The third kappa shape index (κ3) is 1.13. The first-order valence-electron chi connectivity index (χ1n) is 3.73. The van der Waals surface area contributed by atoms with Gasteiger partial charge in [0.15, 0.2) is 4.87 Å². The molecule has 2 heterocycles. The van der Waals surface area contributed by atoms with Crippen LogP contribution in [0.4, 0.5) is 0 Å². The number of rotatable bonds is 1. The second kappa shape index (κ2) is 2.49. The van der Waals surface area contributed by atoms with Crippen molar-refractivity contribution in [3.63, 3.8) is 0 Å². The van der Waals surface area contributed by atoms with Gasteiger partial charge in [-0.1, -0.05) is 11.8 Å². The topological polar surface area (TPSA) is 83.6 Å². The Morgan fingerprint density at radius 3 is 3.00 bits per heavy atom. The predicted molar refractivity (Wildman–Crippen MR) is 46.5 cm³/mol. The van der Waals surface area contributed by atoms with Crippen molar-refractivity contribution in [2.75, 3.05) is 0 Å². The maximum absolute atomic E-state index is 10.9. The lowest BCUT2D eigenvalue weighted by atomic mass is 10.2. The Kier molecular flexibility index (Phi) is 1.64. The highest BCUT2D eigenvalue weighted by atomic mass is 32.2. The molecular weight excluding hydrogens is 192 g/mol. The number of thioether (sulfide) groups is 1. The Bertz CT molecular complexity index is 317. The first-order chi connectivity index (χ1) is 6.03. The van der Waals surface area contributed by atoms with Gasteiger partial charge in [-0.25, -0.2) is 4.79 Å². The molecule has 0 bridgehead atoms. The third-order valence-corrected chi connectivity index (χ3v) is 3.46. The fourth-order valence-electron chi connectivity index (χ4n) is 1.26. The number of carbonyl (C=O) groups excluding carboxylic acids is 1. The van der Waals surface area contributed by atoms with Gasteiger partial charge >= 0.3 is 5.97 Å². The molecule has 0 aromatic heterocycles. The van der Waals surface area contributed by atoms with E-state index in [0.29, 0.717) is 6.42 Å². The first kappa shape index (κ1) is 8.58.